The average molecular weight is 283 g/mol. The maximum atomic E-state index is 11.3. The van der Waals surface area contributed by atoms with E-state index in [1.807, 2.05) is 38.1 Å². The molecular formula is C17H17NO3. The summed E-state index contributed by atoms with van der Waals surface area (Å²) in [5, 5.41) is 20.1. The minimum Gasteiger partial charge on any atom is -0.493 e. The number of hydrogen-bond donors (Lipinski definition) is 1. The highest BCUT2D eigenvalue weighted by molar-refractivity contribution is 5.97. The molecule has 1 N–H and O–H groups in total. The van der Waals surface area contributed by atoms with Gasteiger partial charge in [0.1, 0.15) is 11.3 Å². The van der Waals surface area contributed by atoms with E-state index >= 15 is 0 Å². The number of nitrogens with zero attached hydrogens (tertiary/aromatic N) is 1. The van der Waals surface area contributed by atoms with Crippen molar-refractivity contribution in [2.75, 3.05) is 6.61 Å². The van der Waals surface area contributed by atoms with Crippen molar-refractivity contribution in [3.05, 3.63) is 42.0 Å². The summed E-state index contributed by atoms with van der Waals surface area (Å²) in [5.74, 6) is -0.676. The van der Waals surface area contributed by atoms with Gasteiger partial charge in [0.05, 0.1) is 18.1 Å². The van der Waals surface area contributed by atoms with Gasteiger partial charge in [-0.25, -0.2) is 4.79 Å². The van der Waals surface area contributed by atoms with E-state index in [0.717, 1.165) is 10.8 Å². The number of aromatic carboxylic acids is 1. The van der Waals surface area contributed by atoms with E-state index in [0.29, 0.717) is 18.8 Å². The van der Waals surface area contributed by atoms with Crippen LogP contribution in [0.3, 0.4) is 0 Å². The van der Waals surface area contributed by atoms with E-state index in [4.69, 9.17) is 10.00 Å². The normalized spacial score (nSPS) is 11.1. The second kappa shape index (κ2) is 5.84. The molecule has 0 bridgehead atoms. The van der Waals surface area contributed by atoms with Gasteiger partial charge >= 0.3 is 5.97 Å². The minimum atomic E-state index is -1.02. The third-order valence-corrected chi connectivity index (χ3v) is 3.37. The topological polar surface area (TPSA) is 70.3 Å². The third-order valence-electron chi connectivity index (χ3n) is 3.37. The van der Waals surface area contributed by atoms with Gasteiger partial charge in [-0.1, -0.05) is 24.3 Å². The molecule has 2 aromatic carbocycles. The van der Waals surface area contributed by atoms with Crippen LogP contribution in [0.2, 0.25) is 0 Å². The number of fused-ring (bicyclic) bond motifs is 1. The molecule has 0 aromatic heterocycles. The molecule has 4 nitrogen and oxygen atoms in total. The van der Waals surface area contributed by atoms with Gasteiger partial charge in [0, 0.05) is 0 Å². The van der Waals surface area contributed by atoms with Gasteiger partial charge in [-0.05, 0) is 43.2 Å². The van der Waals surface area contributed by atoms with Crippen LogP contribution in [0.1, 0.15) is 30.6 Å². The van der Waals surface area contributed by atoms with E-state index in [-0.39, 0.29) is 5.56 Å². The van der Waals surface area contributed by atoms with Crippen LogP contribution >= 0.6 is 0 Å². The standard InChI is InChI=1S/C17H17NO3/c1-17(2,11-18)7-8-21-15-10-13-6-4-3-5-12(13)9-14(15)16(19)20/h3-6,9-10H,7-8H2,1-2H3,(H,19,20). The Morgan fingerprint density at radius 3 is 2.48 bits per heavy atom. The molecular weight excluding hydrogens is 266 g/mol. The van der Waals surface area contributed by atoms with Crippen LogP contribution in [-0.4, -0.2) is 17.7 Å². The van der Waals surface area contributed by atoms with Crippen LogP contribution < -0.4 is 4.74 Å². The highest BCUT2D eigenvalue weighted by Gasteiger charge is 2.18. The molecule has 4 heteroatoms. The molecule has 21 heavy (non-hydrogen) atoms. The summed E-state index contributed by atoms with van der Waals surface area (Å²) < 4.78 is 5.61. The molecule has 0 spiro atoms. The fourth-order valence-electron chi connectivity index (χ4n) is 1.98. The molecule has 0 aliphatic heterocycles. The highest BCUT2D eigenvalue weighted by Crippen LogP contribution is 2.27. The number of benzene rings is 2. The quantitative estimate of drug-likeness (QED) is 0.904. The molecule has 0 atom stereocenters. The molecule has 0 heterocycles. The molecule has 0 saturated carbocycles. The Hall–Kier alpha value is -2.54. The zero-order chi connectivity index (χ0) is 15.5. The smallest absolute Gasteiger partial charge is 0.339 e. The Morgan fingerprint density at radius 2 is 1.90 bits per heavy atom. The Balaban J connectivity index is 2.27. The Bertz CT molecular complexity index is 714. The van der Waals surface area contributed by atoms with Gasteiger partial charge in [-0.3, -0.25) is 0 Å². The summed E-state index contributed by atoms with van der Waals surface area (Å²) in [4.78, 5) is 11.3. The van der Waals surface area contributed by atoms with E-state index in [2.05, 4.69) is 6.07 Å². The largest absolute Gasteiger partial charge is 0.493 e. The van der Waals surface area contributed by atoms with Gasteiger partial charge in [0.15, 0.2) is 0 Å². The Morgan fingerprint density at radius 1 is 1.29 bits per heavy atom. The third kappa shape index (κ3) is 3.51. The van der Waals surface area contributed by atoms with Crippen molar-refractivity contribution in [1.29, 1.82) is 5.26 Å². The number of carboxylic acid groups (broad SMARTS) is 1. The molecule has 2 rings (SSSR count). The summed E-state index contributed by atoms with van der Waals surface area (Å²) in [6.45, 7) is 3.96. The lowest BCUT2D eigenvalue weighted by Gasteiger charge is -2.16. The van der Waals surface area contributed by atoms with E-state index in [1.54, 1.807) is 12.1 Å². The number of rotatable bonds is 5. The summed E-state index contributed by atoms with van der Waals surface area (Å²) in [6, 6.07) is 13.1. The average Bonchev–Trinajstić information content (AvgIpc) is 2.46. The van der Waals surface area contributed by atoms with Crippen LogP contribution in [-0.2, 0) is 0 Å². The lowest BCUT2D eigenvalue weighted by Crippen LogP contribution is -2.14. The van der Waals surface area contributed by atoms with Crippen LogP contribution in [0.25, 0.3) is 10.8 Å². The molecule has 0 saturated heterocycles. The number of carbonyl (C=O) groups is 1. The molecule has 0 fully saturated rings. The first-order chi connectivity index (χ1) is 9.93. The monoisotopic (exact) mass is 283 g/mol. The molecule has 0 unspecified atom stereocenters. The number of nitriles is 1. The minimum absolute atomic E-state index is 0.142. The van der Waals surface area contributed by atoms with Crippen molar-refractivity contribution in [3.8, 4) is 11.8 Å². The van der Waals surface area contributed by atoms with Gasteiger partial charge in [0.2, 0.25) is 0 Å². The van der Waals surface area contributed by atoms with Crippen molar-refractivity contribution in [3.63, 3.8) is 0 Å². The predicted molar refractivity (Wildman–Crippen MR) is 80.4 cm³/mol. The van der Waals surface area contributed by atoms with Gasteiger partial charge in [0.25, 0.3) is 0 Å². The lowest BCUT2D eigenvalue weighted by molar-refractivity contribution is 0.0692. The van der Waals surface area contributed by atoms with Crippen molar-refractivity contribution >= 4 is 16.7 Å². The zero-order valence-corrected chi connectivity index (χ0v) is 12.1. The van der Waals surface area contributed by atoms with Crippen LogP contribution in [0.4, 0.5) is 0 Å². The van der Waals surface area contributed by atoms with Crippen molar-refractivity contribution < 1.29 is 14.6 Å². The fraction of sp³-hybridized carbons (Fsp3) is 0.294. The maximum absolute atomic E-state index is 11.3. The van der Waals surface area contributed by atoms with Crippen LogP contribution in [0.5, 0.6) is 5.75 Å². The van der Waals surface area contributed by atoms with E-state index in [1.165, 1.54) is 0 Å². The van der Waals surface area contributed by atoms with Gasteiger partial charge in [-0.2, -0.15) is 5.26 Å². The van der Waals surface area contributed by atoms with Crippen LogP contribution in [0, 0.1) is 16.7 Å². The Kier molecular flexibility index (Phi) is 4.13. The van der Waals surface area contributed by atoms with Gasteiger partial charge < -0.3 is 9.84 Å². The Labute approximate surface area is 123 Å². The van der Waals surface area contributed by atoms with Crippen molar-refractivity contribution in [1.82, 2.24) is 0 Å². The first-order valence-corrected chi connectivity index (χ1v) is 6.73. The van der Waals surface area contributed by atoms with Crippen molar-refractivity contribution in [2.45, 2.75) is 20.3 Å². The maximum Gasteiger partial charge on any atom is 0.339 e. The second-order valence-corrected chi connectivity index (χ2v) is 5.59. The SMILES string of the molecule is CC(C)(C#N)CCOc1cc2ccccc2cc1C(=O)O. The van der Waals surface area contributed by atoms with Crippen LogP contribution in [0.15, 0.2) is 36.4 Å². The molecule has 0 amide bonds. The highest BCUT2D eigenvalue weighted by atomic mass is 16.5. The fourth-order valence-corrected chi connectivity index (χ4v) is 1.98. The first-order valence-electron chi connectivity index (χ1n) is 6.73. The molecule has 108 valence electrons. The summed E-state index contributed by atoms with van der Waals surface area (Å²) in [6.07, 6.45) is 0.537. The summed E-state index contributed by atoms with van der Waals surface area (Å²) in [5.41, 5.74) is -0.344. The first kappa shape index (κ1) is 14.9. The number of hydrogen-bond acceptors (Lipinski definition) is 3. The summed E-state index contributed by atoms with van der Waals surface area (Å²) in [7, 11) is 0. The summed E-state index contributed by atoms with van der Waals surface area (Å²) >= 11 is 0. The lowest BCUT2D eigenvalue weighted by atomic mass is 9.92. The van der Waals surface area contributed by atoms with Crippen molar-refractivity contribution in [2.24, 2.45) is 5.41 Å². The zero-order valence-electron chi connectivity index (χ0n) is 12.1. The predicted octanol–water partition coefficient (Wildman–Crippen LogP) is 3.86. The van der Waals surface area contributed by atoms with Gasteiger partial charge in [-0.15, -0.1) is 0 Å². The molecule has 2 aromatic rings. The second-order valence-electron chi connectivity index (χ2n) is 5.59. The molecule has 0 aliphatic rings. The van der Waals surface area contributed by atoms with E-state index in [9.17, 15) is 9.90 Å². The molecule has 0 radical (unpaired) electrons. The number of ether oxygens (including phenoxy) is 1. The molecule has 0 aliphatic carbocycles. The van der Waals surface area contributed by atoms with E-state index < -0.39 is 11.4 Å². The number of carboxylic acids is 1.